The van der Waals surface area contributed by atoms with Crippen LogP contribution in [0.2, 0.25) is 0 Å². The first-order valence-electron chi connectivity index (χ1n) is 3.74. The molecule has 1 aromatic heterocycles. The summed E-state index contributed by atoms with van der Waals surface area (Å²) in [6.45, 7) is 1.96. The zero-order valence-corrected chi connectivity index (χ0v) is 6.99. The topological polar surface area (TPSA) is 30.9 Å². The summed E-state index contributed by atoms with van der Waals surface area (Å²) in [5, 5.41) is 0. The summed E-state index contributed by atoms with van der Waals surface area (Å²) in [5.74, 6) is 0. The lowest BCUT2D eigenvalue weighted by Crippen LogP contribution is -2.09. The predicted octanol–water partition coefficient (Wildman–Crippen LogP) is 1.39. The van der Waals surface area contributed by atoms with Gasteiger partial charge in [-0.05, 0) is 18.6 Å². The number of nitrogens with two attached hydrogens (primary N) is 1. The molecule has 0 saturated heterocycles. The maximum atomic E-state index is 5.55. The zero-order valence-electron chi connectivity index (χ0n) is 6.99. The molecule has 2 N–H and O–H groups in total. The van der Waals surface area contributed by atoms with E-state index in [2.05, 4.69) is 12.3 Å². The number of aryl methyl sites for hydroxylation is 1. The average molecular weight is 150 g/mol. The first-order chi connectivity index (χ1) is 5.18. The molecule has 0 radical (unpaired) electrons. The SMILES string of the molecule is CC(N)/C=C/c1ccn(C)c1. The van der Waals surface area contributed by atoms with Gasteiger partial charge in [0.25, 0.3) is 0 Å². The quantitative estimate of drug-likeness (QED) is 0.678. The van der Waals surface area contributed by atoms with Crippen LogP contribution in [-0.2, 0) is 7.05 Å². The first kappa shape index (κ1) is 8.08. The molecule has 0 saturated carbocycles. The van der Waals surface area contributed by atoms with Gasteiger partial charge in [0.15, 0.2) is 0 Å². The molecule has 0 aliphatic rings. The number of aromatic nitrogens is 1. The lowest BCUT2D eigenvalue weighted by atomic mass is 10.2. The van der Waals surface area contributed by atoms with E-state index in [-0.39, 0.29) is 6.04 Å². The van der Waals surface area contributed by atoms with Gasteiger partial charge in [-0.15, -0.1) is 0 Å². The van der Waals surface area contributed by atoms with E-state index < -0.39 is 0 Å². The minimum absolute atomic E-state index is 0.134. The fourth-order valence-corrected chi connectivity index (χ4v) is 0.886. The third-order valence-corrected chi connectivity index (χ3v) is 1.45. The fraction of sp³-hybridized carbons (Fsp3) is 0.333. The van der Waals surface area contributed by atoms with E-state index in [1.807, 2.05) is 36.9 Å². The zero-order chi connectivity index (χ0) is 8.27. The van der Waals surface area contributed by atoms with E-state index in [9.17, 15) is 0 Å². The highest BCUT2D eigenvalue weighted by molar-refractivity contribution is 5.48. The second kappa shape index (κ2) is 3.39. The largest absolute Gasteiger partial charge is 0.357 e. The Bertz CT molecular complexity index is 246. The summed E-state index contributed by atoms with van der Waals surface area (Å²) in [6, 6.07) is 2.19. The molecule has 1 atom stereocenters. The summed E-state index contributed by atoms with van der Waals surface area (Å²) < 4.78 is 2.01. The van der Waals surface area contributed by atoms with Crippen LogP contribution < -0.4 is 5.73 Å². The Morgan fingerprint density at radius 1 is 1.64 bits per heavy atom. The molecule has 60 valence electrons. The standard InChI is InChI=1S/C9H14N2/c1-8(10)3-4-9-5-6-11(2)7-9/h3-8H,10H2,1-2H3/b4-3+. The van der Waals surface area contributed by atoms with Crippen LogP contribution in [0, 0.1) is 0 Å². The van der Waals surface area contributed by atoms with E-state index in [1.165, 1.54) is 5.56 Å². The summed E-state index contributed by atoms with van der Waals surface area (Å²) in [6.07, 6.45) is 8.08. The third kappa shape index (κ3) is 2.60. The van der Waals surface area contributed by atoms with Crippen molar-refractivity contribution >= 4 is 6.08 Å². The van der Waals surface area contributed by atoms with Crippen LogP contribution in [0.25, 0.3) is 6.08 Å². The van der Waals surface area contributed by atoms with E-state index in [1.54, 1.807) is 0 Å². The molecule has 0 bridgehead atoms. The van der Waals surface area contributed by atoms with Gasteiger partial charge in [0.2, 0.25) is 0 Å². The normalized spacial score (nSPS) is 14.1. The smallest absolute Gasteiger partial charge is 0.0198 e. The second-order valence-electron chi connectivity index (χ2n) is 2.83. The van der Waals surface area contributed by atoms with Crippen molar-refractivity contribution in [3.63, 3.8) is 0 Å². The van der Waals surface area contributed by atoms with Crippen LogP contribution in [0.15, 0.2) is 24.5 Å². The molecule has 1 aromatic rings. The van der Waals surface area contributed by atoms with Crippen LogP contribution >= 0.6 is 0 Å². The van der Waals surface area contributed by atoms with Crippen molar-refractivity contribution < 1.29 is 0 Å². The molecule has 2 heteroatoms. The summed E-state index contributed by atoms with van der Waals surface area (Å²) in [7, 11) is 2.00. The van der Waals surface area contributed by atoms with Gasteiger partial charge in [0.1, 0.15) is 0 Å². The molecular weight excluding hydrogens is 136 g/mol. The molecule has 0 spiro atoms. The van der Waals surface area contributed by atoms with Crippen molar-refractivity contribution in [2.24, 2.45) is 12.8 Å². The summed E-state index contributed by atoms with van der Waals surface area (Å²) in [5.41, 5.74) is 6.75. The van der Waals surface area contributed by atoms with Gasteiger partial charge in [-0.25, -0.2) is 0 Å². The number of hydrogen-bond donors (Lipinski definition) is 1. The van der Waals surface area contributed by atoms with Crippen LogP contribution in [0.4, 0.5) is 0 Å². The average Bonchev–Trinajstić information content (AvgIpc) is 2.31. The van der Waals surface area contributed by atoms with Crippen molar-refractivity contribution in [3.05, 3.63) is 30.1 Å². The van der Waals surface area contributed by atoms with Crippen LogP contribution in [-0.4, -0.2) is 10.6 Å². The maximum absolute atomic E-state index is 5.55. The van der Waals surface area contributed by atoms with Crippen molar-refractivity contribution in [2.45, 2.75) is 13.0 Å². The van der Waals surface area contributed by atoms with Crippen molar-refractivity contribution in [3.8, 4) is 0 Å². The highest BCUT2D eigenvalue weighted by Crippen LogP contribution is 2.01. The molecule has 0 aliphatic carbocycles. The highest BCUT2D eigenvalue weighted by atomic mass is 14.9. The van der Waals surface area contributed by atoms with Gasteiger partial charge in [-0.2, -0.15) is 0 Å². The monoisotopic (exact) mass is 150 g/mol. The first-order valence-corrected chi connectivity index (χ1v) is 3.74. The van der Waals surface area contributed by atoms with Gasteiger partial charge < -0.3 is 10.3 Å². The number of hydrogen-bond acceptors (Lipinski definition) is 1. The molecule has 1 unspecified atom stereocenters. The Labute approximate surface area is 67.3 Å². The molecular formula is C9H14N2. The van der Waals surface area contributed by atoms with E-state index >= 15 is 0 Å². The van der Waals surface area contributed by atoms with Crippen molar-refractivity contribution in [1.29, 1.82) is 0 Å². The highest BCUT2D eigenvalue weighted by Gasteiger charge is 1.88. The Morgan fingerprint density at radius 2 is 2.36 bits per heavy atom. The van der Waals surface area contributed by atoms with Crippen molar-refractivity contribution in [1.82, 2.24) is 4.57 Å². The molecule has 2 nitrogen and oxygen atoms in total. The van der Waals surface area contributed by atoms with E-state index in [0.717, 1.165) is 0 Å². The minimum Gasteiger partial charge on any atom is -0.357 e. The summed E-state index contributed by atoms with van der Waals surface area (Å²) in [4.78, 5) is 0. The lowest BCUT2D eigenvalue weighted by molar-refractivity contribution is 0.924. The molecule has 1 rings (SSSR count). The van der Waals surface area contributed by atoms with Crippen molar-refractivity contribution in [2.75, 3.05) is 0 Å². The molecule has 11 heavy (non-hydrogen) atoms. The molecule has 0 fully saturated rings. The number of nitrogens with zero attached hydrogens (tertiary/aromatic N) is 1. The second-order valence-corrected chi connectivity index (χ2v) is 2.83. The minimum atomic E-state index is 0.134. The van der Waals surface area contributed by atoms with Gasteiger partial charge in [0, 0.05) is 25.5 Å². The van der Waals surface area contributed by atoms with Crippen LogP contribution in [0.3, 0.4) is 0 Å². The Kier molecular flexibility index (Phi) is 2.49. The van der Waals surface area contributed by atoms with Gasteiger partial charge in [-0.1, -0.05) is 12.2 Å². The Hall–Kier alpha value is -1.02. The molecule has 0 aliphatic heterocycles. The molecule has 0 aromatic carbocycles. The molecule has 0 amide bonds. The third-order valence-electron chi connectivity index (χ3n) is 1.45. The molecule has 1 heterocycles. The van der Waals surface area contributed by atoms with Crippen LogP contribution in [0.1, 0.15) is 12.5 Å². The predicted molar refractivity (Wildman–Crippen MR) is 48.1 cm³/mol. The van der Waals surface area contributed by atoms with E-state index in [4.69, 9.17) is 5.73 Å². The Balaban J connectivity index is 2.64. The van der Waals surface area contributed by atoms with Gasteiger partial charge in [0.05, 0.1) is 0 Å². The lowest BCUT2D eigenvalue weighted by Gasteiger charge is -1.92. The summed E-state index contributed by atoms with van der Waals surface area (Å²) >= 11 is 0. The van der Waals surface area contributed by atoms with Gasteiger partial charge in [-0.3, -0.25) is 0 Å². The fourth-order valence-electron chi connectivity index (χ4n) is 0.886. The maximum Gasteiger partial charge on any atom is 0.0198 e. The van der Waals surface area contributed by atoms with Crippen LogP contribution in [0.5, 0.6) is 0 Å². The number of rotatable bonds is 2. The van der Waals surface area contributed by atoms with E-state index in [0.29, 0.717) is 0 Å². The Morgan fingerprint density at radius 3 is 2.82 bits per heavy atom. The van der Waals surface area contributed by atoms with Gasteiger partial charge >= 0.3 is 0 Å².